The van der Waals surface area contributed by atoms with Crippen LogP contribution in [0.5, 0.6) is 0 Å². The molecule has 0 unspecified atom stereocenters. The molecule has 0 saturated carbocycles. The lowest BCUT2D eigenvalue weighted by atomic mass is 10.2. The fraction of sp³-hybridized carbons (Fsp3) is 0.0833. The van der Waals surface area contributed by atoms with Crippen LogP contribution in [0, 0.1) is 12.7 Å². The second-order valence-electron chi connectivity index (χ2n) is 7.65. The zero-order valence-electron chi connectivity index (χ0n) is 17.4. The van der Waals surface area contributed by atoms with Crippen molar-refractivity contribution >= 4 is 39.9 Å². The molecule has 9 heteroatoms. The Labute approximate surface area is 192 Å². The summed E-state index contributed by atoms with van der Waals surface area (Å²) in [4.78, 5) is 30.3. The number of carbonyl (C=O) groups is 1. The molecule has 3 aromatic carbocycles. The van der Waals surface area contributed by atoms with E-state index >= 15 is 0 Å². The van der Waals surface area contributed by atoms with Gasteiger partial charge in [-0.15, -0.1) is 5.10 Å². The van der Waals surface area contributed by atoms with Gasteiger partial charge in [0.05, 0.1) is 17.6 Å². The molecule has 0 saturated heterocycles. The van der Waals surface area contributed by atoms with E-state index in [1.165, 1.54) is 22.7 Å². The van der Waals surface area contributed by atoms with Crippen molar-refractivity contribution < 1.29 is 9.18 Å². The molecule has 0 fully saturated rings. The van der Waals surface area contributed by atoms with Gasteiger partial charge in [0.25, 0.3) is 11.5 Å². The zero-order valence-corrected chi connectivity index (χ0v) is 18.2. The molecule has 0 spiro atoms. The minimum atomic E-state index is -0.645. The summed E-state index contributed by atoms with van der Waals surface area (Å²) in [6.45, 7) is 2.23. The van der Waals surface area contributed by atoms with Crippen LogP contribution in [0.25, 0.3) is 16.7 Å². The van der Waals surface area contributed by atoms with Crippen LogP contribution in [0.15, 0.2) is 71.5 Å². The molecule has 0 radical (unpaired) electrons. The summed E-state index contributed by atoms with van der Waals surface area (Å²) >= 11 is 5.99. The summed E-state index contributed by atoms with van der Waals surface area (Å²) in [6.07, 6.45) is 0. The number of fused-ring (bicyclic) bond motifs is 3. The van der Waals surface area contributed by atoms with Crippen LogP contribution in [-0.4, -0.2) is 25.1 Å². The molecule has 5 rings (SSSR count). The first kappa shape index (κ1) is 20.8. The second-order valence-corrected chi connectivity index (χ2v) is 8.08. The van der Waals surface area contributed by atoms with E-state index in [-0.39, 0.29) is 22.7 Å². The Morgan fingerprint density at radius 2 is 1.85 bits per heavy atom. The number of rotatable bonds is 4. The highest BCUT2D eigenvalue weighted by Gasteiger charge is 2.19. The van der Waals surface area contributed by atoms with E-state index < -0.39 is 11.7 Å². The maximum Gasteiger partial charge on any atom is 0.296 e. The van der Waals surface area contributed by atoms with Gasteiger partial charge in [0, 0.05) is 10.7 Å². The number of amides is 1. The molecule has 0 bridgehead atoms. The van der Waals surface area contributed by atoms with E-state index in [9.17, 15) is 14.0 Å². The number of nitrogens with one attached hydrogen (secondary N) is 1. The number of anilines is 1. The SMILES string of the molecule is Cc1ccc2c(c1)n(Cc1ccc(Cl)cc1)c(=O)c1nc(C(=O)Nc3cccc(F)c3)nn12. The van der Waals surface area contributed by atoms with Gasteiger partial charge in [-0.25, -0.2) is 8.91 Å². The minimum Gasteiger partial charge on any atom is -0.319 e. The van der Waals surface area contributed by atoms with Crippen molar-refractivity contribution in [3.8, 4) is 0 Å². The van der Waals surface area contributed by atoms with Crippen LogP contribution in [0.3, 0.4) is 0 Å². The number of aryl methyl sites for hydroxylation is 1. The molecule has 1 amide bonds. The average molecular weight is 462 g/mol. The maximum atomic E-state index is 13.5. The lowest BCUT2D eigenvalue weighted by molar-refractivity contribution is 0.101. The van der Waals surface area contributed by atoms with Crippen LogP contribution < -0.4 is 10.9 Å². The van der Waals surface area contributed by atoms with Gasteiger partial charge in [-0.3, -0.25) is 14.2 Å². The van der Waals surface area contributed by atoms with Gasteiger partial charge < -0.3 is 5.32 Å². The fourth-order valence-corrected chi connectivity index (χ4v) is 3.78. The highest BCUT2D eigenvalue weighted by molar-refractivity contribution is 6.30. The van der Waals surface area contributed by atoms with Crippen molar-refractivity contribution in [3.05, 3.63) is 105 Å². The third kappa shape index (κ3) is 3.96. The van der Waals surface area contributed by atoms with Gasteiger partial charge in [0.15, 0.2) is 0 Å². The van der Waals surface area contributed by atoms with Crippen LogP contribution in [0.2, 0.25) is 5.02 Å². The van der Waals surface area contributed by atoms with E-state index in [0.29, 0.717) is 22.6 Å². The van der Waals surface area contributed by atoms with Crippen molar-refractivity contribution in [2.45, 2.75) is 13.5 Å². The van der Waals surface area contributed by atoms with E-state index in [0.717, 1.165) is 11.1 Å². The second kappa shape index (κ2) is 8.14. The number of aromatic nitrogens is 4. The molecule has 5 aromatic rings. The Kier molecular flexibility index (Phi) is 5.14. The van der Waals surface area contributed by atoms with E-state index in [4.69, 9.17) is 11.6 Å². The molecule has 2 heterocycles. The van der Waals surface area contributed by atoms with Gasteiger partial charge in [-0.1, -0.05) is 35.9 Å². The van der Waals surface area contributed by atoms with Crippen molar-refractivity contribution in [2.24, 2.45) is 0 Å². The van der Waals surface area contributed by atoms with E-state index in [2.05, 4.69) is 15.4 Å². The largest absolute Gasteiger partial charge is 0.319 e. The molecule has 0 aliphatic carbocycles. The fourth-order valence-electron chi connectivity index (χ4n) is 3.66. The summed E-state index contributed by atoms with van der Waals surface area (Å²) in [5.41, 5.74) is 3.03. The Morgan fingerprint density at radius 3 is 2.61 bits per heavy atom. The smallest absolute Gasteiger partial charge is 0.296 e. The standard InChI is InChI=1S/C24H17ClFN5O2/c1-14-5-10-19-20(11-14)30(13-15-6-8-16(25)9-7-15)24(33)22-28-21(29-31(19)22)23(32)27-18-4-2-3-17(26)12-18/h2-12H,13H2,1H3,(H,27,32). The number of hydrogen-bond acceptors (Lipinski definition) is 4. The normalized spacial score (nSPS) is 11.2. The third-order valence-corrected chi connectivity index (χ3v) is 5.48. The zero-order chi connectivity index (χ0) is 23.1. The molecule has 33 heavy (non-hydrogen) atoms. The summed E-state index contributed by atoms with van der Waals surface area (Å²) in [5.74, 6) is -1.32. The number of nitrogens with zero attached hydrogens (tertiary/aromatic N) is 4. The quantitative estimate of drug-likeness (QED) is 0.429. The van der Waals surface area contributed by atoms with Crippen LogP contribution in [0.1, 0.15) is 21.7 Å². The number of hydrogen-bond donors (Lipinski definition) is 1. The molecule has 2 aromatic heterocycles. The summed E-state index contributed by atoms with van der Waals surface area (Å²) in [5, 5.41) is 7.44. The first-order valence-corrected chi connectivity index (χ1v) is 10.5. The van der Waals surface area contributed by atoms with Crippen molar-refractivity contribution in [3.63, 3.8) is 0 Å². The Morgan fingerprint density at radius 1 is 1.06 bits per heavy atom. The van der Waals surface area contributed by atoms with Crippen molar-refractivity contribution in [1.29, 1.82) is 0 Å². The minimum absolute atomic E-state index is 0.0182. The summed E-state index contributed by atoms with van der Waals surface area (Å²) < 4.78 is 16.4. The van der Waals surface area contributed by atoms with Gasteiger partial charge >= 0.3 is 0 Å². The predicted octanol–water partition coefficient (Wildman–Crippen LogP) is 4.45. The van der Waals surface area contributed by atoms with Gasteiger partial charge in [-0.2, -0.15) is 4.98 Å². The number of halogens is 2. The molecular formula is C24H17ClFN5O2. The van der Waals surface area contributed by atoms with Crippen molar-refractivity contribution in [1.82, 2.24) is 19.2 Å². The molecule has 0 aliphatic rings. The maximum absolute atomic E-state index is 13.5. The van der Waals surface area contributed by atoms with Crippen LogP contribution >= 0.6 is 11.6 Å². The van der Waals surface area contributed by atoms with Gasteiger partial charge in [0.2, 0.25) is 11.5 Å². The van der Waals surface area contributed by atoms with Gasteiger partial charge in [0.1, 0.15) is 5.82 Å². The summed E-state index contributed by atoms with van der Waals surface area (Å²) in [7, 11) is 0. The van der Waals surface area contributed by atoms with Gasteiger partial charge in [-0.05, 0) is 60.5 Å². The van der Waals surface area contributed by atoms with E-state index in [1.807, 2.05) is 37.3 Å². The molecule has 1 N–H and O–H groups in total. The first-order chi connectivity index (χ1) is 15.9. The lowest BCUT2D eigenvalue weighted by Crippen LogP contribution is -2.24. The van der Waals surface area contributed by atoms with Crippen LogP contribution in [-0.2, 0) is 6.54 Å². The van der Waals surface area contributed by atoms with E-state index in [1.54, 1.807) is 22.8 Å². The Hall–Kier alpha value is -4.04. The molecule has 0 aliphatic heterocycles. The predicted molar refractivity (Wildman–Crippen MR) is 124 cm³/mol. The molecular weight excluding hydrogens is 445 g/mol. The monoisotopic (exact) mass is 461 g/mol. The third-order valence-electron chi connectivity index (χ3n) is 5.23. The average Bonchev–Trinajstić information content (AvgIpc) is 3.24. The molecule has 164 valence electrons. The Balaban J connectivity index is 1.64. The number of carbonyl (C=O) groups excluding carboxylic acids is 1. The topological polar surface area (TPSA) is 81.3 Å². The summed E-state index contributed by atoms with van der Waals surface area (Å²) in [6, 6.07) is 18.3. The van der Waals surface area contributed by atoms with Crippen LogP contribution in [0.4, 0.5) is 10.1 Å². The highest BCUT2D eigenvalue weighted by atomic mass is 35.5. The lowest BCUT2D eigenvalue weighted by Gasteiger charge is -2.12. The first-order valence-electron chi connectivity index (χ1n) is 10.1. The van der Waals surface area contributed by atoms with Crippen molar-refractivity contribution in [2.75, 3.05) is 5.32 Å². The molecule has 0 atom stereocenters. The highest BCUT2D eigenvalue weighted by Crippen LogP contribution is 2.19. The molecule has 7 nitrogen and oxygen atoms in total. The number of benzene rings is 3. The Bertz CT molecular complexity index is 1590.